The summed E-state index contributed by atoms with van der Waals surface area (Å²) in [7, 11) is 1.94. The van der Waals surface area contributed by atoms with Gasteiger partial charge in [-0.05, 0) is 18.2 Å². The molecule has 0 aromatic carbocycles. The van der Waals surface area contributed by atoms with Gasteiger partial charge in [-0.15, -0.1) is 12.4 Å². The van der Waals surface area contributed by atoms with Crippen LogP contribution in [0.25, 0.3) is 11.0 Å². The van der Waals surface area contributed by atoms with Gasteiger partial charge in [0.2, 0.25) is 0 Å². The number of aromatic nitrogens is 3. The SMILES string of the molecule is Cl.Cn1ccc2c(N)nc(Cc3ccco3)nc21. The molecule has 0 radical (unpaired) electrons. The van der Waals surface area contributed by atoms with Gasteiger partial charge in [0.15, 0.2) is 0 Å². The molecule has 3 aromatic heterocycles. The number of rotatable bonds is 2. The highest BCUT2D eigenvalue weighted by Gasteiger charge is 2.09. The van der Waals surface area contributed by atoms with E-state index in [1.54, 1.807) is 6.26 Å². The first kappa shape index (κ1) is 12.4. The number of anilines is 1. The quantitative estimate of drug-likeness (QED) is 0.770. The molecule has 0 unspecified atom stereocenters. The molecule has 3 rings (SSSR count). The van der Waals surface area contributed by atoms with E-state index in [1.807, 2.05) is 36.0 Å². The lowest BCUT2D eigenvalue weighted by Gasteiger charge is -2.02. The van der Waals surface area contributed by atoms with Gasteiger partial charge >= 0.3 is 0 Å². The van der Waals surface area contributed by atoms with Crippen molar-refractivity contribution in [3.8, 4) is 0 Å². The van der Waals surface area contributed by atoms with Crippen LogP contribution < -0.4 is 5.73 Å². The van der Waals surface area contributed by atoms with Crippen LogP contribution in [0.1, 0.15) is 11.6 Å². The van der Waals surface area contributed by atoms with Gasteiger partial charge in [-0.3, -0.25) is 0 Å². The van der Waals surface area contributed by atoms with Crippen molar-refractivity contribution in [2.75, 3.05) is 5.73 Å². The molecule has 3 aromatic rings. The molecule has 0 bridgehead atoms. The summed E-state index contributed by atoms with van der Waals surface area (Å²) in [5, 5.41) is 0.885. The Hall–Kier alpha value is -2.01. The summed E-state index contributed by atoms with van der Waals surface area (Å²) in [4.78, 5) is 8.77. The van der Waals surface area contributed by atoms with Crippen LogP contribution >= 0.6 is 12.4 Å². The van der Waals surface area contributed by atoms with E-state index in [9.17, 15) is 0 Å². The van der Waals surface area contributed by atoms with Crippen molar-refractivity contribution in [3.05, 3.63) is 42.2 Å². The number of aryl methyl sites for hydroxylation is 1. The maximum Gasteiger partial charge on any atom is 0.145 e. The van der Waals surface area contributed by atoms with Crippen molar-refractivity contribution >= 4 is 29.3 Å². The largest absolute Gasteiger partial charge is 0.469 e. The molecule has 0 amide bonds. The fraction of sp³-hybridized carbons (Fsp3) is 0.167. The minimum atomic E-state index is 0. The van der Waals surface area contributed by atoms with E-state index in [0.717, 1.165) is 16.8 Å². The number of furan rings is 1. The molecule has 0 atom stereocenters. The maximum absolute atomic E-state index is 5.90. The molecular formula is C12H13ClN4O. The summed E-state index contributed by atoms with van der Waals surface area (Å²) in [5.41, 5.74) is 6.75. The number of hydrogen-bond donors (Lipinski definition) is 1. The Bertz CT molecular complexity index is 660. The molecule has 6 heteroatoms. The van der Waals surface area contributed by atoms with Crippen LogP contribution in [0.15, 0.2) is 35.1 Å². The van der Waals surface area contributed by atoms with Crippen LogP contribution in [0, 0.1) is 0 Å². The molecule has 0 saturated heterocycles. The molecule has 0 aliphatic heterocycles. The summed E-state index contributed by atoms with van der Waals surface area (Å²) in [6.07, 6.45) is 4.12. The molecule has 5 nitrogen and oxygen atoms in total. The molecule has 0 aliphatic carbocycles. The molecule has 0 saturated carbocycles. The van der Waals surface area contributed by atoms with Crippen molar-refractivity contribution < 1.29 is 4.42 Å². The highest BCUT2D eigenvalue weighted by Crippen LogP contribution is 2.19. The zero-order valence-corrected chi connectivity index (χ0v) is 10.6. The third-order valence-electron chi connectivity index (χ3n) is 2.71. The molecule has 0 aliphatic rings. The highest BCUT2D eigenvalue weighted by molar-refractivity contribution is 5.86. The Morgan fingerprint density at radius 3 is 2.89 bits per heavy atom. The van der Waals surface area contributed by atoms with Crippen molar-refractivity contribution in [1.82, 2.24) is 14.5 Å². The third-order valence-corrected chi connectivity index (χ3v) is 2.71. The van der Waals surface area contributed by atoms with E-state index in [1.165, 1.54) is 0 Å². The van der Waals surface area contributed by atoms with E-state index in [4.69, 9.17) is 10.2 Å². The Morgan fingerprint density at radius 2 is 2.17 bits per heavy atom. The first-order valence-corrected chi connectivity index (χ1v) is 5.34. The smallest absolute Gasteiger partial charge is 0.145 e. The van der Waals surface area contributed by atoms with Crippen LogP contribution in [0.4, 0.5) is 5.82 Å². The lowest BCUT2D eigenvalue weighted by atomic mass is 10.3. The number of nitrogens with zero attached hydrogens (tertiary/aromatic N) is 3. The van der Waals surface area contributed by atoms with Gasteiger partial charge in [-0.25, -0.2) is 9.97 Å². The standard InChI is InChI=1S/C12H12N4O.ClH/c1-16-5-4-9-11(13)14-10(15-12(9)16)7-8-3-2-6-17-8;/h2-6H,7H2,1H3,(H2,13,14,15);1H. The monoisotopic (exact) mass is 264 g/mol. The first-order chi connectivity index (χ1) is 8.24. The number of nitrogen functional groups attached to an aromatic ring is 1. The summed E-state index contributed by atoms with van der Waals surface area (Å²) in [6, 6.07) is 5.66. The van der Waals surface area contributed by atoms with Gasteiger partial charge < -0.3 is 14.7 Å². The van der Waals surface area contributed by atoms with E-state index in [0.29, 0.717) is 18.1 Å². The predicted octanol–water partition coefficient (Wildman–Crippen LogP) is 2.16. The van der Waals surface area contributed by atoms with E-state index in [2.05, 4.69) is 9.97 Å². The fourth-order valence-corrected chi connectivity index (χ4v) is 1.86. The number of hydrogen-bond acceptors (Lipinski definition) is 4. The molecule has 94 valence electrons. The minimum Gasteiger partial charge on any atom is -0.469 e. The van der Waals surface area contributed by atoms with Gasteiger partial charge in [0.25, 0.3) is 0 Å². The fourth-order valence-electron chi connectivity index (χ4n) is 1.86. The van der Waals surface area contributed by atoms with Crippen molar-refractivity contribution in [3.63, 3.8) is 0 Å². The van der Waals surface area contributed by atoms with E-state index >= 15 is 0 Å². The van der Waals surface area contributed by atoms with E-state index in [-0.39, 0.29) is 12.4 Å². The van der Waals surface area contributed by atoms with Crippen LogP contribution in [-0.4, -0.2) is 14.5 Å². The van der Waals surface area contributed by atoms with E-state index < -0.39 is 0 Å². The van der Waals surface area contributed by atoms with Crippen LogP contribution in [0.2, 0.25) is 0 Å². The second-order valence-electron chi connectivity index (χ2n) is 3.95. The first-order valence-electron chi connectivity index (χ1n) is 5.34. The molecule has 0 spiro atoms. The molecule has 3 heterocycles. The normalized spacial score (nSPS) is 10.5. The van der Waals surface area contributed by atoms with Crippen LogP contribution in [0.3, 0.4) is 0 Å². The Kier molecular flexibility index (Phi) is 3.25. The highest BCUT2D eigenvalue weighted by atomic mass is 35.5. The maximum atomic E-state index is 5.90. The topological polar surface area (TPSA) is 69.9 Å². The lowest BCUT2D eigenvalue weighted by molar-refractivity contribution is 0.517. The Balaban J connectivity index is 0.00000120. The zero-order valence-electron chi connectivity index (χ0n) is 9.83. The van der Waals surface area contributed by atoms with Crippen LogP contribution in [0.5, 0.6) is 0 Å². The zero-order chi connectivity index (χ0) is 11.8. The summed E-state index contributed by atoms with van der Waals surface area (Å²) in [6.45, 7) is 0. The van der Waals surface area contributed by atoms with Gasteiger partial charge in [0, 0.05) is 13.2 Å². The molecule has 0 fully saturated rings. The minimum absolute atomic E-state index is 0. The summed E-state index contributed by atoms with van der Waals surface area (Å²) < 4.78 is 7.20. The Morgan fingerprint density at radius 1 is 1.33 bits per heavy atom. The Labute approximate surface area is 110 Å². The molecule has 18 heavy (non-hydrogen) atoms. The summed E-state index contributed by atoms with van der Waals surface area (Å²) >= 11 is 0. The van der Waals surface area contributed by atoms with Gasteiger partial charge in [-0.1, -0.05) is 0 Å². The average Bonchev–Trinajstić information content (AvgIpc) is 2.90. The van der Waals surface area contributed by atoms with Crippen LogP contribution in [-0.2, 0) is 13.5 Å². The van der Waals surface area contributed by atoms with Gasteiger partial charge in [-0.2, -0.15) is 0 Å². The second kappa shape index (κ2) is 4.70. The van der Waals surface area contributed by atoms with Crippen molar-refractivity contribution in [2.24, 2.45) is 7.05 Å². The predicted molar refractivity (Wildman–Crippen MR) is 71.7 cm³/mol. The second-order valence-corrected chi connectivity index (χ2v) is 3.95. The van der Waals surface area contributed by atoms with Gasteiger partial charge in [0.05, 0.1) is 18.1 Å². The number of fused-ring (bicyclic) bond motifs is 1. The molecular weight excluding hydrogens is 252 g/mol. The number of nitrogens with two attached hydrogens (primary N) is 1. The third kappa shape index (κ3) is 2.04. The lowest BCUT2D eigenvalue weighted by Crippen LogP contribution is -2.02. The summed E-state index contributed by atoms with van der Waals surface area (Å²) in [5.74, 6) is 2.02. The van der Waals surface area contributed by atoms with Crippen molar-refractivity contribution in [2.45, 2.75) is 6.42 Å². The van der Waals surface area contributed by atoms with Crippen molar-refractivity contribution in [1.29, 1.82) is 0 Å². The average molecular weight is 265 g/mol. The number of halogens is 1. The van der Waals surface area contributed by atoms with Gasteiger partial charge in [0.1, 0.15) is 23.0 Å². The molecule has 2 N–H and O–H groups in total.